The third-order valence-electron chi connectivity index (χ3n) is 6.13. The van der Waals surface area contributed by atoms with Crippen molar-refractivity contribution in [2.75, 3.05) is 6.54 Å². The van der Waals surface area contributed by atoms with Crippen LogP contribution >= 0.6 is 0 Å². The molecule has 4 rings (SSSR count). The molecule has 1 unspecified atom stereocenters. The molecule has 2 saturated heterocycles. The molecule has 1 aromatic rings. The molecule has 3 N–H and O–H groups in total. The third-order valence-corrected chi connectivity index (χ3v) is 6.13. The van der Waals surface area contributed by atoms with Gasteiger partial charge in [-0.1, -0.05) is 12.1 Å². The quantitative estimate of drug-likeness (QED) is 0.765. The Morgan fingerprint density at radius 3 is 2.52 bits per heavy atom. The molecule has 1 atom stereocenters. The first-order valence-electron chi connectivity index (χ1n) is 9.10. The van der Waals surface area contributed by atoms with E-state index in [0.717, 1.165) is 31.2 Å². The summed E-state index contributed by atoms with van der Waals surface area (Å²) in [6.45, 7) is 6.34. The summed E-state index contributed by atoms with van der Waals surface area (Å²) in [5.74, 6) is 0.160. The lowest BCUT2D eigenvalue weighted by molar-refractivity contribution is -0.263. The molecule has 2 aliphatic heterocycles. The summed E-state index contributed by atoms with van der Waals surface area (Å²) in [5.41, 5.74) is -0.288. The standard InChI is InChI=1S/C20H29NO4/c1-18(2)20(9-7-19(3,25-18)8-10-20)17(24)21-13-16(23)12-14-5-4-6-15(22)11-14/h4-6,11,16,22-23H,7-10,12-13H2,1-3H3,(H,21,24). The minimum atomic E-state index is -0.691. The number of aromatic hydroxyl groups is 1. The number of benzene rings is 1. The number of phenolic OH excluding ortho intramolecular Hbond substituents is 1. The zero-order valence-corrected chi connectivity index (χ0v) is 15.3. The van der Waals surface area contributed by atoms with E-state index in [4.69, 9.17) is 4.74 Å². The summed E-state index contributed by atoms with van der Waals surface area (Å²) in [6.07, 6.45) is 3.14. The predicted molar refractivity (Wildman–Crippen MR) is 95.3 cm³/mol. The van der Waals surface area contributed by atoms with Gasteiger partial charge in [-0.15, -0.1) is 0 Å². The van der Waals surface area contributed by atoms with Crippen molar-refractivity contribution in [3.8, 4) is 5.75 Å². The average Bonchev–Trinajstić information content (AvgIpc) is 2.52. The lowest BCUT2D eigenvalue weighted by Gasteiger charge is -2.60. The van der Waals surface area contributed by atoms with Crippen LogP contribution in [0.15, 0.2) is 24.3 Å². The van der Waals surface area contributed by atoms with E-state index in [1.807, 2.05) is 19.9 Å². The van der Waals surface area contributed by atoms with Crippen LogP contribution in [0.25, 0.3) is 0 Å². The monoisotopic (exact) mass is 347 g/mol. The SMILES string of the molecule is CC12CCC(C(=O)NCC(O)Cc3cccc(O)c3)(CC1)C(C)(C)O2. The molecule has 25 heavy (non-hydrogen) atoms. The van der Waals surface area contributed by atoms with Crippen LogP contribution in [0.2, 0.25) is 0 Å². The Bertz CT molecular complexity index is 647. The first-order chi connectivity index (χ1) is 11.7. The average molecular weight is 347 g/mol. The third kappa shape index (κ3) is 3.40. The zero-order chi connectivity index (χ0) is 18.3. The van der Waals surface area contributed by atoms with Gasteiger partial charge in [0.05, 0.1) is 22.7 Å². The molecule has 5 nitrogen and oxygen atoms in total. The summed E-state index contributed by atoms with van der Waals surface area (Å²) >= 11 is 0. The highest BCUT2D eigenvalue weighted by molar-refractivity contribution is 5.84. The minimum absolute atomic E-state index is 0.0193. The summed E-state index contributed by atoms with van der Waals surface area (Å²) < 4.78 is 6.25. The van der Waals surface area contributed by atoms with Crippen LogP contribution in [0.1, 0.15) is 52.0 Å². The van der Waals surface area contributed by atoms with E-state index in [9.17, 15) is 15.0 Å². The second-order valence-corrected chi connectivity index (χ2v) is 8.38. The number of hydrogen-bond donors (Lipinski definition) is 3. The highest BCUT2D eigenvalue weighted by Gasteiger charge is 2.61. The zero-order valence-electron chi connectivity index (χ0n) is 15.3. The van der Waals surface area contributed by atoms with Crippen LogP contribution < -0.4 is 5.32 Å². The molecule has 1 saturated carbocycles. The molecule has 1 aromatic carbocycles. The van der Waals surface area contributed by atoms with Crippen molar-refractivity contribution in [3.05, 3.63) is 29.8 Å². The largest absolute Gasteiger partial charge is 0.508 e. The molecule has 2 bridgehead atoms. The number of carbonyl (C=O) groups excluding carboxylic acids is 1. The lowest BCUT2D eigenvalue weighted by Crippen LogP contribution is -2.66. The van der Waals surface area contributed by atoms with Crippen LogP contribution in [-0.2, 0) is 16.0 Å². The van der Waals surface area contributed by atoms with E-state index in [1.165, 1.54) is 0 Å². The first-order valence-corrected chi connectivity index (χ1v) is 9.10. The first kappa shape index (κ1) is 18.2. The van der Waals surface area contributed by atoms with Crippen LogP contribution in [0.5, 0.6) is 5.75 Å². The van der Waals surface area contributed by atoms with Gasteiger partial charge in [-0.25, -0.2) is 0 Å². The Morgan fingerprint density at radius 1 is 1.24 bits per heavy atom. The number of phenols is 1. The highest BCUT2D eigenvalue weighted by Crippen LogP contribution is 2.57. The van der Waals surface area contributed by atoms with Gasteiger partial charge in [0.15, 0.2) is 0 Å². The van der Waals surface area contributed by atoms with Crippen molar-refractivity contribution in [2.45, 2.75) is 70.2 Å². The lowest BCUT2D eigenvalue weighted by atomic mass is 9.57. The van der Waals surface area contributed by atoms with Gasteiger partial charge in [-0.05, 0) is 64.2 Å². The summed E-state index contributed by atoms with van der Waals surface area (Å²) in [5, 5.41) is 22.7. The Labute approximate surface area is 149 Å². The molecule has 1 amide bonds. The van der Waals surface area contributed by atoms with Crippen molar-refractivity contribution in [1.29, 1.82) is 0 Å². The molecule has 0 spiro atoms. The van der Waals surface area contributed by atoms with Gasteiger partial charge in [0.25, 0.3) is 0 Å². The maximum Gasteiger partial charge on any atom is 0.229 e. The Kier molecular flexibility index (Phi) is 4.58. The van der Waals surface area contributed by atoms with Crippen molar-refractivity contribution < 1.29 is 19.7 Å². The normalized spacial score (nSPS) is 31.5. The van der Waals surface area contributed by atoms with Crippen LogP contribution in [0.3, 0.4) is 0 Å². The highest BCUT2D eigenvalue weighted by atomic mass is 16.5. The van der Waals surface area contributed by atoms with E-state index < -0.39 is 17.1 Å². The van der Waals surface area contributed by atoms with Crippen molar-refractivity contribution in [3.63, 3.8) is 0 Å². The topological polar surface area (TPSA) is 78.8 Å². The van der Waals surface area contributed by atoms with Gasteiger partial charge in [-0.3, -0.25) is 4.79 Å². The fourth-order valence-corrected chi connectivity index (χ4v) is 4.53. The number of fused-ring (bicyclic) bond motifs is 3. The van der Waals surface area contributed by atoms with Gasteiger partial charge in [0, 0.05) is 13.0 Å². The molecule has 0 aromatic heterocycles. The second kappa shape index (κ2) is 6.29. The molecule has 0 radical (unpaired) electrons. The smallest absolute Gasteiger partial charge is 0.229 e. The van der Waals surface area contributed by atoms with Gasteiger partial charge in [0.1, 0.15) is 5.75 Å². The molecule has 3 fully saturated rings. The number of rotatable bonds is 5. The number of ether oxygens (including phenoxy) is 1. The molecule has 2 heterocycles. The van der Waals surface area contributed by atoms with Gasteiger partial charge in [-0.2, -0.15) is 0 Å². The van der Waals surface area contributed by atoms with E-state index in [-0.39, 0.29) is 23.8 Å². The van der Waals surface area contributed by atoms with E-state index in [1.54, 1.807) is 18.2 Å². The Balaban J connectivity index is 1.60. The van der Waals surface area contributed by atoms with Crippen molar-refractivity contribution >= 4 is 5.91 Å². The van der Waals surface area contributed by atoms with Gasteiger partial charge < -0.3 is 20.3 Å². The number of amides is 1. The minimum Gasteiger partial charge on any atom is -0.508 e. The molecule has 138 valence electrons. The second-order valence-electron chi connectivity index (χ2n) is 8.38. The van der Waals surface area contributed by atoms with Crippen molar-refractivity contribution in [1.82, 2.24) is 5.32 Å². The van der Waals surface area contributed by atoms with Crippen LogP contribution in [0.4, 0.5) is 0 Å². The molecule has 1 aliphatic carbocycles. The maximum atomic E-state index is 13.0. The summed E-state index contributed by atoms with van der Waals surface area (Å²) in [4.78, 5) is 13.0. The fraction of sp³-hybridized carbons (Fsp3) is 0.650. The number of aliphatic hydroxyl groups excluding tert-OH is 1. The fourth-order valence-electron chi connectivity index (χ4n) is 4.53. The van der Waals surface area contributed by atoms with Crippen molar-refractivity contribution in [2.24, 2.45) is 5.41 Å². The number of carbonyl (C=O) groups is 1. The van der Waals surface area contributed by atoms with Crippen LogP contribution in [0, 0.1) is 5.41 Å². The molecular formula is C20H29NO4. The molecular weight excluding hydrogens is 318 g/mol. The Hall–Kier alpha value is -1.59. The van der Waals surface area contributed by atoms with Crippen LogP contribution in [-0.4, -0.2) is 40.0 Å². The summed E-state index contributed by atoms with van der Waals surface area (Å²) in [7, 11) is 0. The van der Waals surface area contributed by atoms with E-state index >= 15 is 0 Å². The van der Waals surface area contributed by atoms with E-state index in [2.05, 4.69) is 12.2 Å². The maximum absolute atomic E-state index is 13.0. The molecule has 5 heteroatoms. The predicted octanol–water partition coefficient (Wildman–Crippen LogP) is 2.54. The van der Waals surface area contributed by atoms with Gasteiger partial charge >= 0.3 is 0 Å². The summed E-state index contributed by atoms with van der Waals surface area (Å²) in [6, 6.07) is 6.82. The number of hydrogen-bond acceptors (Lipinski definition) is 4. The number of aliphatic hydroxyl groups is 1. The van der Waals surface area contributed by atoms with E-state index in [0.29, 0.717) is 6.42 Å². The van der Waals surface area contributed by atoms with Gasteiger partial charge in [0.2, 0.25) is 5.91 Å². The molecule has 3 aliphatic rings. The Morgan fingerprint density at radius 2 is 1.92 bits per heavy atom. The number of nitrogens with one attached hydrogen (secondary N) is 1.